The average molecular weight is 251 g/mol. The molecule has 0 spiro atoms. The molecule has 0 aliphatic heterocycles. The van der Waals surface area contributed by atoms with Gasteiger partial charge in [-0.15, -0.1) is 0 Å². The highest BCUT2D eigenvalue weighted by atomic mass is 19.1. The number of hydrogen-bond acceptors (Lipinski definition) is 2. The molecule has 2 N–H and O–H groups in total. The zero-order valence-electron chi connectivity index (χ0n) is 10.4. The summed E-state index contributed by atoms with van der Waals surface area (Å²) in [6.45, 7) is 4.46. The van der Waals surface area contributed by atoms with Crippen molar-refractivity contribution in [1.82, 2.24) is 9.55 Å². The molecular weight excluding hydrogens is 236 g/mol. The average Bonchev–Trinajstić information content (AvgIpc) is 2.58. The van der Waals surface area contributed by atoms with E-state index in [9.17, 15) is 8.78 Å². The standard InChI is InChI=1S/C13H15F2N3/c1-3-7-18-8(2)17-12(13(18)16)11-9(14)5-4-6-10(11)15/h4-6H,3,7,16H2,1-2H3. The Morgan fingerprint density at radius 3 is 2.44 bits per heavy atom. The van der Waals surface area contributed by atoms with Crippen LogP contribution in [0.2, 0.25) is 0 Å². The fraction of sp³-hybridized carbons (Fsp3) is 0.308. The van der Waals surface area contributed by atoms with Gasteiger partial charge in [0.15, 0.2) is 0 Å². The molecule has 2 aromatic rings. The van der Waals surface area contributed by atoms with Gasteiger partial charge in [0.25, 0.3) is 0 Å². The van der Waals surface area contributed by atoms with Gasteiger partial charge in [0.1, 0.15) is 29.0 Å². The van der Waals surface area contributed by atoms with Crippen molar-refractivity contribution in [2.24, 2.45) is 0 Å². The van der Waals surface area contributed by atoms with E-state index in [2.05, 4.69) is 4.98 Å². The van der Waals surface area contributed by atoms with Gasteiger partial charge in [0, 0.05) is 6.54 Å². The number of aryl methyl sites for hydroxylation is 1. The van der Waals surface area contributed by atoms with Crippen molar-refractivity contribution in [2.45, 2.75) is 26.8 Å². The highest BCUT2D eigenvalue weighted by molar-refractivity contribution is 5.72. The van der Waals surface area contributed by atoms with Crippen LogP contribution in [0.25, 0.3) is 11.3 Å². The summed E-state index contributed by atoms with van der Waals surface area (Å²) < 4.78 is 29.2. The first-order valence-electron chi connectivity index (χ1n) is 5.83. The molecule has 0 amide bonds. The van der Waals surface area contributed by atoms with Crippen LogP contribution in [0.3, 0.4) is 0 Å². The van der Waals surface area contributed by atoms with Gasteiger partial charge in [-0.25, -0.2) is 13.8 Å². The number of hydrogen-bond donors (Lipinski definition) is 1. The Kier molecular flexibility index (Phi) is 3.32. The van der Waals surface area contributed by atoms with Gasteiger partial charge in [-0.05, 0) is 25.5 Å². The molecule has 0 unspecified atom stereocenters. The Hall–Kier alpha value is -1.91. The summed E-state index contributed by atoms with van der Waals surface area (Å²) in [4.78, 5) is 4.18. The van der Waals surface area contributed by atoms with E-state index < -0.39 is 11.6 Å². The van der Waals surface area contributed by atoms with E-state index in [-0.39, 0.29) is 11.3 Å². The van der Waals surface area contributed by atoms with Gasteiger partial charge in [0.2, 0.25) is 0 Å². The molecule has 1 heterocycles. The number of nitrogens with two attached hydrogens (primary N) is 1. The van der Waals surface area contributed by atoms with Gasteiger partial charge in [-0.1, -0.05) is 13.0 Å². The Morgan fingerprint density at radius 1 is 1.28 bits per heavy atom. The molecule has 18 heavy (non-hydrogen) atoms. The minimum Gasteiger partial charge on any atom is -0.383 e. The quantitative estimate of drug-likeness (QED) is 0.910. The van der Waals surface area contributed by atoms with Gasteiger partial charge in [0.05, 0.1) is 5.56 Å². The molecule has 1 aromatic carbocycles. The molecule has 0 radical (unpaired) electrons. The van der Waals surface area contributed by atoms with E-state index in [4.69, 9.17) is 5.73 Å². The largest absolute Gasteiger partial charge is 0.383 e. The van der Waals surface area contributed by atoms with Crippen LogP contribution in [0.1, 0.15) is 19.2 Å². The molecule has 0 atom stereocenters. The number of benzene rings is 1. The molecule has 0 saturated heterocycles. The van der Waals surface area contributed by atoms with E-state index in [0.717, 1.165) is 6.42 Å². The monoisotopic (exact) mass is 251 g/mol. The third kappa shape index (κ3) is 1.96. The Bertz CT molecular complexity index is 556. The van der Waals surface area contributed by atoms with Crippen molar-refractivity contribution in [3.63, 3.8) is 0 Å². The van der Waals surface area contributed by atoms with E-state index in [1.54, 1.807) is 11.5 Å². The predicted molar refractivity (Wildman–Crippen MR) is 67.0 cm³/mol. The lowest BCUT2D eigenvalue weighted by molar-refractivity contribution is 0.589. The first-order valence-corrected chi connectivity index (χ1v) is 5.83. The van der Waals surface area contributed by atoms with Crippen molar-refractivity contribution >= 4 is 5.82 Å². The Labute approximate surface area is 104 Å². The second-order valence-electron chi connectivity index (χ2n) is 4.14. The van der Waals surface area contributed by atoms with E-state index >= 15 is 0 Å². The highest BCUT2D eigenvalue weighted by Gasteiger charge is 2.19. The van der Waals surface area contributed by atoms with Crippen molar-refractivity contribution in [3.05, 3.63) is 35.7 Å². The van der Waals surface area contributed by atoms with Crippen LogP contribution in [0.5, 0.6) is 0 Å². The van der Waals surface area contributed by atoms with Gasteiger partial charge in [-0.2, -0.15) is 0 Å². The summed E-state index contributed by atoms with van der Waals surface area (Å²) >= 11 is 0. The molecule has 1 aromatic heterocycles. The molecule has 0 saturated carbocycles. The van der Waals surface area contributed by atoms with Gasteiger partial charge >= 0.3 is 0 Å². The lowest BCUT2D eigenvalue weighted by Crippen LogP contribution is -2.04. The Balaban J connectivity index is 2.62. The maximum atomic E-state index is 13.7. The van der Waals surface area contributed by atoms with Crippen LogP contribution in [0.15, 0.2) is 18.2 Å². The first-order chi connectivity index (χ1) is 8.56. The van der Waals surface area contributed by atoms with Crippen molar-refractivity contribution in [2.75, 3.05) is 5.73 Å². The fourth-order valence-corrected chi connectivity index (χ4v) is 2.00. The third-order valence-corrected chi connectivity index (χ3v) is 2.84. The maximum absolute atomic E-state index is 13.7. The fourth-order valence-electron chi connectivity index (χ4n) is 2.00. The van der Waals surface area contributed by atoms with Crippen molar-refractivity contribution in [1.29, 1.82) is 0 Å². The smallest absolute Gasteiger partial charge is 0.135 e. The molecule has 0 aliphatic carbocycles. The van der Waals surface area contributed by atoms with Crippen LogP contribution in [-0.4, -0.2) is 9.55 Å². The number of nitrogens with zero attached hydrogens (tertiary/aromatic N) is 2. The molecule has 3 nitrogen and oxygen atoms in total. The number of aromatic nitrogens is 2. The normalized spacial score (nSPS) is 10.9. The summed E-state index contributed by atoms with van der Waals surface area (Å²) in [6, 6.07) is 3.72. The third-order valence-electron chi connectivity index (χ3n) is 2.84. The molecule has 0 aliphatic rings. The van der Waals surface area contributed by atoms with Crippen LogP contribution >= 0.6 is 0 Å². The summed E-state index contributed by atoms with van der Waals surface area (Å²) in [5.74, 6) is -0.337. The second-order valence-corrected chi connectivity index (χ2v) is 4.14. The molecule has 96 valence electrons. The molecule has 5 heteroatoms. The Morgan fingerprint density at radius 2 is 1.89 bits per heavy atom. The molecule has 2 rings (SSSR count). The number of halogens is 2. The number of anilines is 1. The number of nitrogen functional groups attached to an aromatic ring is 1. The van der Waals surface area contributed by atoms with Gasteiger partial charge < -0.3 is 10.3 Å². The zero-order valence-corrected chi connectivity index (χ0v) is 10.4. The van der Waals surface area contributed by atoms with E-state index in [1.807, 2.05) is 6.92 Å². The van der Waals surface area contributed by atoms with Crippen LogP contribution in [0.4, 0.5) is 14.6 Å². The van der Waals surface area contributed by atoms with Crippen molar-refractivity contribution in [3.8, 4) is 11.3 Å². The second kappa shape index (κ2) is 4.76. The SMILES string of the molecule is CCCn1c(C)nc(-c2c(F)cccc2F)c1N. The minimum absolute atomic E-state index is 0.159. The lowest BCUT2D eigenvalue weighted by atomic mass is 10.1. The van der Waals surface area contributed by atoms with Crippen LogP contribution in [0, 0.1) is 18.6 Å². The lowest BCUT2D eigenvalue weighted by Gasteiger charge is -2.06. The molecule has 0 fully saturated rings. The van der Waals surface area contributed by atoms with E-state index in [1.165, 1.54) is 18.2 Å². The molecular formula is C13H15F2N3. The van der Waals surface area contributed by atoms with Gasteiger partial charge in [-0.3, -0.25) is 0 Å². The number of imidazole rings is 1. The maximum Gasteiger partial charge on any atom is 0.135 e. The predicted octanol–water partition coefficient (Wildman–Crippen LogP) is 3.13. The molecule has 0 bridgehead atoms. The highest BCUT2D eigenvalue weighted by Crippen LogP contribution is 2.30. The zero-order chi connectivity index (χ0) is 13.3. The number of rotatable bonds is 3. The minimum atomic E-state index is -0.650. The first kappa shape index (κ1) is 12.5. The van der Waals surface area contributed by atoms with E-state index in [0.29, 0.717) is 18.2 Å². The topological polar surface area (TPSA) is 43.8 Å². The van der Waals surface area contributed by atoms with Crippen LogP contribution < -0.4 is 5.73 Å². The van der Waals surface area contributed by atoms with Crippen LogP contribution in [-0.2, 0) is 6.54 Å². The summed E-state index contributed by atoms with van der Waals surface area (Å²) in [7, 11) is 0. The summed E-state index contributed by atoms with van der Waals surface area (Å²) in [6.07, 6.45) is 0.876. The van der Waals surface area contributed by atoms with Crippen molar-refractivity contribution < 1.29 is 8.78 Å². The summed E-state index contributed by atoms with van der Waals surface area (Å²) in [5.41, 5.74) is 5.95. The summed E-state index contributed by atoms with van der Waals surface area (Å²) in [5, 5.41) is 0.